The van der Waals surface area contributed by atoms with Crippen molar-refractivity contribution in [3.63, 3.8) is 0 Å². The van der Waals surface area contributed by atoms with E-state index in [1.165, 1.54) is 0 Å². The van der Waals surface area contributed by atoms with Gasteiger partial charge in [-0.05, 0) is 18.6 Å². The molecule has 0 aromatic heterocycles. The van der Waals surface area contributed by atoms with Crippen LogP contribution in [0.4, 0.5) is 0 Å². The highest BCUT2D eigenvalue weighted by Gasteiger charge is 2.13. The quantitative estimate of drug-likeness (QED) is 0.771. The van der Waals surface area contributed by atoms with Crippen LogP contribution in [-0.2, 0) is 15.6 Å². The summed E-state index contributed by atoms with van der Waals surface area (Å²) in [6, 6.07) is 8.00. The number of hydrogen-bond donors (Lipinski definition) is 2. The lowest BCUT2D eigenvalue weighted by Crippen LogP contribution is -2.31. The molecule has 4 nitrogen and oxygen atoms in total. The summed E-state index contributed by atoms with van der Waals surface area (Å²) >= 11 is 0. The molecule has 3 N–H and O–H groups in total. The first-order chi connectivity index (χ1) is 7.11. The Kier molecular flexibility index (Phi) is 4.45. The number of rotatable bonds is 5. The van der Waals surface area contributed by atoms with Gasteiger partial charge in [0.2, 0.25) is 0 Å². The summed E-state index contributed by atoms with van der Waals surface area (Å²) < 4.78 is 11.6. The van der Waals surface area contributed by atoms with Gasteiger partial charge in [0.25, 0.3) is 0 Å². The maximum absolute atomic E-state index is 11.6. The van der Waals surface area contributed by atoms with E-state index >= 15 is 0 Å². The number of benzene rings is 1. The summed E-state index contributed by atoms with van der Waals surface area (Å²) in [4.78, 5) is 11.1. The first kappa shape index (κ1) is 11.9. The van der Waals surface area contributed by atoms with E-state index in [1.807, 2.05) is 6.07 Å². The predicted molar refractivity (Wildman–Crippen MR) is 57.9 cm³/mol. The zero-order valence-corrected chi connectivity index (χ0v) is 8.94. The fourth-order valence-corrected chi connectivity index (χ4v) is 2.21. The Morgan fingerprint density at radius 3 is 2.53 bits per heavy atom. The van der Waals surface area contributed by atoms with Crippen LogP contribution in [-0.4, -0.2) is 27.1 Å². The molecule has 0 aliphatic heterocycles. The van der Waals surface area contributed by atoms with Crippen molar-refractivity contribution in [2.45, 2.75) is 17.4 Å². The van der Waals surface area contributed by atoms with Gasteiger partial charge in [0, 0.05) is 10.6 Å². The van der Waals surface area contributed by atoms with Gasteiger partial charge < -0.3 is 10.8 Å². The Morgan fingerprint density at radius 2 is 2.00 bits per heavy atom. The van der Waals surface area contributed by atoms with Crippen molar-refractivity contribution in [2.75, 3.05) is 5.75 Å². The van der Waals surface area contributed by atoms with Gasteiger partial charge >= 0.3 is 5.97 Å². The van der Waals surface area contributed by atoms with Crippen molar-refractivity contribution >= 4 is 16.8 Å². The van der Waals surface area contributed by atoms with E-state index in [-0.39, 0.29) is 12.2 Å². The van der Waals surface area contributed by atoms with Crippen LogP contribution in [0.25, 0.3) is 0 Å². The van der Waals surface area contributed by atoms with Gasteiger partial charge in [0.1, 0.15) is 6.04 Å². The Labute approximate surface area is 90.6 Å². The van der Waals surface area contributed by atoms with E-state index in [4.69, 9.17) is 10.8 Å². The third-order valence-corrected chi connectivity index (χ3v) is 3.34. The summed E-state index contributed by atoms with van der Waals surface area (Å²) in [6.45, 7) is 0. The fraction of sp³-hybridized carbons (Fsp3) is 0.300. The summed E-state index contributed by atoms with van der Waals surface area (Å²) in [5.41, 5.74) is 5.31. The normalized spacial score (nSPS) is 14.5. The average molecular weight is 227 g/mol. The van der Waals surface area contributed by atoms with Gasteiger partial charge in [-0.3, -0.25) is 9.00 Å². The zero-order chi connectivity index (χ0) is 11.3. The molecule has 0 amide bonds. The molecule has 0 bridgehead atoms. The molecule has 0 spiro atoms. The SMILES string of the molecule is N[C@H](CCS(=O)c1ccccc1)C(=O)O. The number of carbonyl (C=O) groups is 1. The second-order valence-corrected chi connectivity index (χ2v) is 4.67. The minimum absolute atomic E-state index is 0.219. The minimum Gasteiger partial charge on any atom is -0.480 e. The largest absolute Gasteiger partial charge is 0.480 e. The molecule has 0 radical (unpaired) electrons. The summed E-state index contributed by atoms with van der Waals surface area (Å²) in [6.07, 6.45) is 0.219. The average Bonchev–Trinajstić information content (AvgIpc) is 2.26. The number of nitrogens with two attached hydrogens (primary N) is 1. The maximum Gasteiger partial charge on any atom is 0.320 e. The van der Waals surface area contributed by atoms with E-state index in [1.54, 1.807) is 24.3 Å². The van der Waals surface area contributed by atoms with Crippen LogP contribution in [0.3, 0.4) is 0 Å². The Bertz CT molecular complexity index is 353. The third kappa shape index (κ3) is 3.81. The number of carboxylic acid groups (broad SMARTS) is 1. The van der Waals surface area contributed by atoms with Crippen LogP contribution < -0.4 is 5.73 Å². The Hall–Kier alpha value is -1.20. The molecule has 1 aromatic rings. The Morgan fingerprint density at radius 1 is 1.40 bits per heavy atom. The van der Waals surface area contributed by atoms with Crippen LogP contribution in [0.1, 0.15) is 6.42 Å². The van der Waals surface area contributed by atoms with Crippen LogP contribution in [0.5, 0.6) is 0 Å². The van der Waals surface area contributed by atoms with E-state index in [0.29, 0.717) is 4.90 Å². The lowest BCUT2D eigenvalue weighted by atomic mass is 10.2. The summed E-state index contributed by atoms with van der Waals surface area (Å²) in [5, 5.41) is 8.54. The molecule has 1 unspecified atom stereocenters. The van der Waals surface area contributed by atoms with Gasteiger partial charge in [0.05, 0.1) is 10.8 Å². The fourth-order valence-electron chi connectivity index (χ4n) is 1.05. The zero-order valence-electron chi connectivity index (χ0n) is 8.13. The van der Waals surface area contributed by atoms with Crippen molar-refractivity contribution < 1.29 is 14.1 Å². The summed E-state index contributed by atoms with van der Waals surface area (Å²) in [5.74, 6) is -0.780. The van der Waals surface area contributed by atoms with Crippen molar-refractivity contribution in [1.82, 2.24) is 0 Å². The topological polar surface area (TPSA) is 80.4 Å². The first-order valence-corrected chi connectivity index (χ1v) is 5.85. The predicted octanol–water partition coefficient (Wildman–Crippen LogP) is 0.596. The lowest BCUT2D eigenvalue weighted by Gasteiger charge is -2.05. The van der Waals surface area contributed by atoms with Gasteiger partial charge in [0.15, 0.2) is 0 Å². The van der Waals surface area contributed by atoms with Crippen molar-refractivity contribution in [3.05, 3.63) is 30.3 Å². The molecular formula is C10H13NO3S. The number of aliphatic carboxylic acids is 1. The Balaban J connectivity index is 2.47. The highest BCUT2D eigenvalue weighted by atomic mass is 32.2. The van der Waals surface area contributed by atoms with Crippen LogP contribution >= 0.6 is 0 Å². The highest BCUT2D eigenvalue weighted by Crippen LogP contribution is 2.07. The smallest absolute Gasteiger partial charge is 0.320 e. The molecule has 0 fully saturated rings. The molecule has 82 valence electrons. The maximum atomic E-state index is 11.6. The van der Waals surface area contributed by atoms with Gasteiger partial charge in [-0.15, -0.1) is 0 Å². The van der Waals surface area contributed by atoms with Crippen molar-refractivity contribution in [1.29, 1.82) is 0 Å². The third-order valence-electron chi connectivity index (χ3n) is 1.94. The highest BCUT2D eigenvalue weighted by molar-refractivity contribution is 7.85. The van der Waals surface area contributed by atoms with Gasteiger partial charge in [-0.25, -0.2) is 0 Å². The van der Waals surface area contributed by atoms with E-state index in [2.05, 4.69) is 0 Å². The molecule has 15 heavy (non-hydrogen) atoms. The lowest BCUT2D eigenvalue weighted by molar-refractivity contribution is -0.138. The standard InChI is InChI=1S/C10H13NO3S/c11-9(10(12)13)6-7-15(14)8-4-2-1-3-5-8/h1-5,9H,6-7,11H2,(H,12,13)/t9-,15?/m1/s1. The van der Waals surface area contributed by atoms with Crippen LogP contribution in [0.2, 0.25) is 0 Å². The second kappa shape index (κ2) is 5.63. The van der Waals surface area contributed by atoms with Crippen molar-refractivity contribution in [3.8, 4) is 0 Å². The molecule has 2 atom stereocenters. The molecule has 1 rings (SSSR count). The molecule has 0 heterocycles. The van der Waals surface area contributed by atoms with E-state index in [0.717, 1.165) is 0 Å². The van der Waals surface area contributed by atoms with E-state index < -0.39 is 22.8 Å². The van der Waals surface area contributed by atoms with E-state index in [9.17, 15) is 9.00 Å². The second-order valence-electron chi connectivity index (χ2n) is 3.10. The van der Waals surface area contributed by atoms with Gasteiger partial charge in [-0.2, -0.15) is 0 Å². The molecule has 0 saturated heterocycles. The van der Waals surface area contributed by atoms with Crippen LogP contribution in [0, 0.1) is 0 Å². The molecule has 0 aliphatic carbocycles. The molecular weight excluding hydrogens is 214 g/mol. The molecule has 0 saturated carbocycles. The molecule has 5 heteroatoms. The van der Waals surface area contributed by atoms with Crippen molar-refractivity contribution in [2.24, 2.45) is 5.73 Å². The monoisotopic (exact) mass is 227 g/mol. The number of hydrogen-bond acceptors (Lipinski definition) is 3. The summed E-state index contributed by atoms with van der Waals surface area (Å²) in [7, 11) is -1.16. The minimum atomic E-state index is -1.16. The molecule has 1 aromatic carbocycles. The first-order valence-electron chi connectivity index (χ1n) is 4.53. The molecule has 0 aliphatic rings. The van der Waals surface area contributed by atoms with Gasteiger partial charge in [-0.1, -0.05) is 18.2 Å². The van der Waals surface area contributed by atoms with Crippen LogP contribution in [0.15, 0.2) is 35.2 Å². The number of carboxylic acids is 1.